The highest BCUT2D eigenvalue weighted by Gasteiger charge is 2.07. The maximum atomic E-state index is 5.53. The highest BCUT2D eigenvalue weighted by molar-refractivity contribution is 5.79. The lowest BCUT2D eigenvalue weighted by molar-refractivity contribution is 0.572. The van der Waals surface area contributed by atoms with E-state index in [1.54, 1.807) is 13.3 Å². The van der Waals surface area contributed by atoms with E-state index in [-0.39, 0.29) is 0 Å². The number of nitrogens with zero attached hydrogens (tertiary/aromatic N) is 3. The molecule has 0 amide bonds. The predicted octanol–water partition coefficient (Wildman–Crippen LogP) is 2.55. The molecule has 0 saturated carbocycles. The van der Waals surface area contributed by atoms with Crippen LogP contribution in [0.4, 0.5) is 0 Å². The lowest BCUT2D eigenvalue weighted by Gasteiger charge is -2.09. The molecule has 24 heavy (non-hydrogen) atoms. The molecule has 0 saturated heterocycles. The number of rotatable bonds is 5. The Balaban J connectivity index is 1.53. The largest absolute Gasteiger partial charge is 0.444 e. The zero-order valence-electron chi connectivity index (χ0n) is 13.9. The van der Waals surface area contributed by atoms with Crippen molar-refractivity contribution in [1.29, 1.82) is 0 Å². The van der Waals surface area contributed by atoms with Crippen molar-refractivity contribution in [2.75, 3.05) is 7.05 Å². The number of aryl methyl sites for hydroxylation is 1. The topological polar surface area (TPSA) is 67.4 Å². The molecule has 0 spiro atoms. The van der Waals surface area contributed by atoms with E-state index in [2.05, 4.69) is 32.9 Å². The monoisotopic (exact) mass is 323 g/mol. The van der Waals surface area contributed by atoms with Gasteiger partial charge in [-0.3, -0.25) is 4.99 Å². The molecular weight excluding hydrogens is 302 g/mol. The maximum absolute atomic E-state index is 5.53. The van der Waals surface area contributed by atoms with Crippen LogP contribution in [0.3, 0.4) is 0 Å². The number of guanidine groups is 1. The summed E-state index contributed by atoms with van der Waals surface area (Å²) < 4.78 is 7.56. The van der Waals surface area contributed by atoms with Crippen LogP contribution in [0.15, 0.2) is 64.5 Å². The Labute approximate surface area is 141 Å². The Morgan fingerprint density at radius 2 is 1.96 bits per heavy atom. The molecule has 0 unspecified atom stereocenters. The third-order valence-corrected chi connectivity index (χ3v) is 3.59. The van der Waals surface area contributed by atoms with Crippen molar-refractivity contribution in [3.63, 3.8) is 0 Å². The minimum atomic E-state index is 0.546. The first kappa shape index (κ1) is 15.9. The number of aliphatic imine (C=N–C) groups is 1. The summed E-state index contributed by atoms with van der Waals surface area (Å²) in [6.45, 7) is 1.26. The maximum Gasteiger partial charge on any atom is 0.226 e. The summed E-state index contributed by atoms with van der Waals surface area (Å²) in [5.41, 5.74) is 3.00. The molecule has 0 bridgehead atoms. The van der Waals surface area contributed by atoms with E-state index in [1.165, 1.54) is 5.56 Å². The number of benzene rings is 1. The van der Waals surface area contributed by atoms with Crippen molar-refractivity contribution in [3.8, 4) is 11.5 Å². The van der Waals surface area contributed by atoms with Crippen LogP contribution in [0.5, 0.6) is 0 Å². The van der Waals surface area contributed by atoms with Crippen molar-refractivity contribution < 1.29 is 4.42 Å². The van der Waals surface area contributed by atoms with Crippen LogP contribution < -0.4 is 10.6 Å². The fourth-order valence-electron chi connectivity index (χ4n) is 2.35. The Hall–Kier alpha value is -3.02. The smallest absolute Gasteiger partial charge is 0.226 e. The van der Waals surface area contributed by atoms with Crippen molar-refractivity contribution >= 4 is 5.96 Å². The zero-order chi connectivity index (χ0) is 16.8. The minimum absolute atomic E-state index is 0.546. The molecule has 124 valence electrons. The second-order valence-electron chi connectivity index (χ2n) is 5.47. The highest BCUT2D eigenvalue weighted by Crippen LogP contribution is 2.17. The van der Waals surface area contributed by atoms with Gasteiger partial charge in [-0.1, -0.05) is 18.2 Å². The van der Waals surface area contributed by atoms with Crippen LogP contribution in [-0.4, -0.2) is 22.6 Å². The normalized spacial score (nSPS) is 11.5. The molecule has 0 aliphatic heterocycles. The lowest BCUT2D eigenvalue weighted by Crippen LogP contribution is -2.36. The number of hydrogen-bond acceptors (Lipinski definition) is 3. The molecule has 3 rings (SSSR count). The van der Waals surface area contributed by atoms with Crippen molar-refractivity contribution in [2.45, 2.75) is 13.1 Å². The molecule has 0 aliphatic carbocycles. The molecule has 2 N–H and O–H groups in total. The summed E-state index contributed by atoms with van der Waals surface area (Å²) in [5, 5.41) is 6.51. The van der Waals surface area contributed by atoms with Crippen LogP contribution >= 0.6 is 0 Å². The summed E-state index contributed by atoms with van der Waals surface area (Å²) in [4.78, 5) is 8.71. The van der Waals surface area contributed by atoms with E-state index in [1.807, 2.05) is 48.1 Å². The van der Waals surface area contributed by atoms with Gasteiger partial charge in [0.1, 0.15) is 6.26 Å². The molecule has 0 fully saturated rings. The Morgan fingerprint density at radius 3 is 2.67 bits per heavy atom. The van der Waals surface area contributed by atoms with Crippen LogP contribution in [0, 0.1) is 0 Å². The van der Waals surface area contributed by atoms with Gasteiger partial charge in [0, 0.05) is 38.6 Å². The molecule has 1 aromatic carbocycles. The second kappa shape index (κ2) is 7.50. The number of oxazole rings is 1. The molecule has 6 heteroatoms. The molecular formula is C18H21N5O. The van der Waals surface area contributed by atoms with Gasteiger partial charge in [0.15, 0.2) is 5.96 Å². The molecule has 2 aromatic heterocycles. The van der Waals surface area contributed by atoms with Gasteiger partial charge >= 0.3 is 0 Å². The fourth-order valence-corrected chi connectivity index (χ4v) is 2.35. The van der Waals surface area contributed by atoms with E-state index in [4.69, 9.17) is 4.42 Å². The van der Waals surface area contributed by atoms with Gasteiger partial charge in [-0.05, 0) is 23.8 Å². The Bertz CT molecular complexity index is 804. The molecule has 3 aromatic rings. The summed E-state index contributed by atoms with van der Waals surface area (Å²) in [6.07, 6.45) is 5.76. The van der Waals surface area contributed by atoms with E-state index >= 15 is 0 Å². The molecule has 2 heterocycles. The molecule has 0 radical (unpaired) electrons. The molecule has 0 aliphatic rings. The van der Waals surface area contributed by atoms with Gasteiger partial charge in [-0.25, -0.2) is 4.98 Å². The standard InChI is InChI=1S/C18H21N5O/c1-19-18(20-10-14-8-9-23(2)12-14)21-11-16-13-24-17(22-16)15-6-4-3-5-7-15/h3-9,12-13H,10-11H2,1-2H3,(H2,19,20,21). The van der Waals surface area contributed by atoms with Crippen LogP contribution in [0.2, 0.25) is 0 Å². The third kappa shape index (κ3) is 4.04. The predicted molar refractivity (Wildman–Crippen MR) is 94.4 cm³/mol. The Kier molecular flexibility index (Phi) is 4.96. The quantitative estimate of drug-likeness (QED) is 0.559. The van der Waals surface area contributed by atoms with Crippen molar-refractivity contribution in [1.82, 2.24) is 20.2 Å². The number of aromatic nitrogens is 2. The third-order valence-electron chi connectivity index (χ3n) is 3.59. The van der Waals surface area contributed by atoms with Crippen LogP contribution in [-0.2, 0) is 20.1 Å². The second-order valence-corrected chi connectivity index (χ2v) is 5.47. The number of hydrogen-bond donors (Lipinski definition) is 2. The van der Waals surface area contributed by atoms with Crippen molar-refractivity contribution in [2.24, 2.45) is 12.0 Å². The average molecular weight is 323 g/mol. The number of nitrogens with one attached hydrogen (secondary N) is 2. The van der Waals surface area contributed by atoms with Gasteiger partial charge in [0.25, 0.3) is 0 Å². The fraction of sp³-hybridized carbons (Fsp3) is 0.222. The Morgan fingerprint density at radius 1 is 1.17 bits per heavy atom. The van der Waals surface area contributed by atoms with Gasteiger partial charge in [0.05, 0.1) is 12.2 Å². The van der Waals surface area contributed by atoms with Gasteiger partial charge in [-0.15, -0.1) is 0 Å². The summed E-state index contributed by atoms with van der Waals surface area (Å²) in [7, 11) is 3.75. The summed E-state index contributed by atoms with van der Waals surface area (Å²) in [6, 6.07) is 11.9. The van der Waals surface area contributed by atoms with Crippen LogP contribution in [0.25, 0.3) is 11.5 Å². The average Bonchev–Trinajstić information content (AvgIpc) is 3.25. The first-order chi connectivity index (χ1) is 11.7. The van der Waals surface area contributed by atoms with Crippen molar-refractivity contribution in [3.05, 3.63) is 66.3 Å². The molecule has 0 atom stereocenters. The van der Waals surface area contributed by atoms with E-state index in [0.29, 0.717) is 19.0 Å². The SMILES string of the molecule is CN=C(NCc1ccn(C)c1)NCc1coc(-c2ccccc2)n1. The van der Waals surface area contributed by atoms with E-state index in [0.717, 1.165) is 17.2 Å². The highest BCUT2D eigenvalue weighted by atomic mass is 16.3. The minimum Gasteiger partial charge on any atom is -0.444 e. The van der Waals surface area contributed by atoms with Gasteiger partial charge < -0.3 is 19.6 Å². The lowest BCUT2D eigenvalue weighted by atomic mass is 10.2. The first-order valence-corrected chi connectivity index (χ1v) is 7.80. The van der Waals surface area contributed by atoms with E-state index in [9.17, 15) is 0 Å². The van der Waals surface area contributed by atoms with Crippen LogP contribution in [0.1, 0.15) is 11.3 Å². The summed E-state index contributed by atoms with van der Waals surface area (Å²) >= 11 is 0. The first-order valence-electron chi connectivity index (χ1n) is 7.80. The summed E-state index contributed by atoms with van der Waals surface area (Å²) in [5.74, 6) is 1.35. The van der Waals surface area contributed by atoms with Gasteiger partial charge in [0.2, 0.25) is 5.89 Å². The van der Waals surface area contributed by atoms with Gasteiger partial charge in [-0.2, -0.15) is 0 Å². The van der Waals surface area contributed by atoms with E-state index < -0.39 is 0 Å². The molecule has 6 nitrogen and oxygen atoms in total. The zero-order valence-corrected chi connectivity index (χ0v) is 13.9.